The van der Waals surface area contributed by atoms with Crippen LogP contribution < -0.4 is 22.1 Å². The first kappa shape index (κ1) is 22.4. The molecular formula is C26H27N7O2. The second-order valence-corrected chi connectivity index (χ2v) is 8.79. The number of carbonyl (C=O) groups excluding carboxylic acids is 1. The third kappa shape index (κ3) is 4.67. The van der Waals surface area contributed by atoms with Gasteiger partial charge in [0.05, 0.1) is 12.1 Å². The second-order valence-electron chi connectivity index (χ2n) is 8.79. The highest BCUT2D eigenvalue weighted by Gasteiger charge is 2.34. The molecule has 3 aromatic heterocycles. The van der Waals surface area contributed by atoms with E-state index in [0.29, 0.717) is 18.5 Å². The monoisotopic (exact) mass is 469 g/mol. The minimum atomic E-state index is -0.951. The van der Waals surface area contributed by atoms with Gasteiger partial charge in [0.2, 0.25) is 11.9 Å². The fourth-order valence-corrected chi connectivity index (χ4v) is 4.23. The number of amides is 1. The molecule has 2 aromatic carbocycles. The number of hydrogen-bond acceptors (Lipinski definition) is 7. The molecule has 1 amide bonds. The summed E-state index contributed by atoms with van der Waals surface area (Å²) in [6, 6.07) is 17.8. The van der Waals surface area contributed by atoms with Crippen molar-refractivity contribution in [2.24, 2.45) is 0 Å². The molecule has 178 valence electrons. The molecule has 35 heavy (non-hydrogen) atoms. The van der Waals surface area contributed by atoms with Crippen molar-refractivity contribution in [1.29, 1.82) is 0 Å². The predicted octanol–water partition coefficient (Wildman–Crippen LogP) is 3.28. The number of aromatic amines is 1. The highest BCUT2D eigenvalue weighted by Crippen LogP contribution is 2.24. The molecule has 0 aliphatic rings. The number of rotatable bonds is 8. The van der Waals surface area contributed by atoms with Gasteiger partial charge in [-0.2, -0.15) is 4.98 Å². The lowest BCUT2D eigenvalue weighted by molar-refractivity contribution is -0.127. The molecular weight excluding hydrogens is 442 g/mol. The standard InChI is InChI=1S/C26H27N7O2/c1-26(11-17-12-29-21-8-4-3-7-20(17)21,24(34)30-13-18-14-31-25(28)33-23(18)27)32-15-19-10-16-6-2-5-9-22(16)35-19/h2-10,12,14,29,32H,11,13,15H2,1H3,(H,30,34)(H4,27,28,31,33). The van der Waals surface area contributed by atoms with Crippen molar-refractivity contribution < 1.29 is 9.21 Å². The Labute approximate surface area is 201 Å². The van der Waals surface area contributed by atoms with E-state index in [1.807, 2.05) is 67.7 Å². The fraction of sp³-hybridized carbons (Fsp3) is 0.192. The van der Waals surface area contributed by atoms with Crippen molar-refractivity contribution in [2.45, 2.75) is 32.0 Å². The van der Waals surface area contributed by atoms with E-state index in [-0.39, 0.29) is 24.2 Å². The van der Waals surface area contributed by atoms with Gasteiger partial charge in [0.15, 0.2) is 0 Å². The number of nitrogen functional groups attached to an aromatic ring is 2. The molecule has 5 aromatic rings. The highest BCUT2D eigenvalue weighted by molar-refractivity contribution is 5.89. The molecule has 0 spiro atoms. The Balaban J connectivity index is 1.39. The molecule has 0 saturated heterocycles. The van der Waals surface area contributed by atoms with Crippen LogP contribution in [-0.2, 0) is 24.3 Å². The van der Waals surface area contributed by atoms with Crippen LogP contribution in [0.1, 0.15) is 23.8 Å². The van der Waals surface area contributed by atoms with Crippen molar-refractivity contribution >= 4 is 39.5 Å². The van der Waals surface area contributed by atoms with E-state index < -0.39 is 5.54 Å². The van der Waals surface area contributed by atoms with Gasteiger partial charge < -0.3 is 26.2 Å². The molecule has 0 bridgehead atoms. The van der Waals surface area contributed by atoms with E-state index in [9.17, 15) is 4.79 Å². The zero-order valence-electron chi connectivity index (χ0n) is 19.3. The number of furan rings is 1. The summed E-state index contributed by atoms with van der Waals surface area (Å²) in [5.74, 6) is 0.899. The molecule has 1 unspecified atom stereocenters. The molecule has 1 atom stereocenters. The molecule has 7 N–H and O–H groups in total. The van der Waals surface area contributed by atoms with Gasteiger partial charge in [-0.15, -0.1) is 0 Å². The summed E-state index contributed by atoms with van der Waals surface area (Å²) in [4.78, 5) is 24.8. The molecule has 9 heteroatoms. The van der Waals surface area contributed by atoms with Gasteiger partial charge in [0, 0.05) is 47.2 Å². The second kappa shape index (κ2) is 9.11. The SMILES string of the molecule is CC(Cc1c[nH]c2ccccc12)(NCc1cc2ccccc2o1)C(=O)NCc1cnc(N)nc1N. The van der Waals surface area contributed by atoms with Crippen molar-refractivity contribution in [3.8, 4) is 0 Å². The summed E-state index contributed by atoms with van der Waals surface area (Å²) in [5.41, 5.74) is 14.0. The number of aromatic nitrogens is 3. The largest absolute Gasteiger partial charge is 0.460 e. The van der Waals surface area contributed by atoms with E-state index >= 15 is 0 Å². The van der Waals surface area contributed by atoms with Crippen molar-refractivity contribution in [3.05, 3.63) is 83.9 Å². The summed E-state index contributed by atoms with van der Waals surface area (Å²) in [6.07, 6.45) is 3.93. The first-order valence-corrected chi connectivity index (χ1v) is 11.3. The maximum absolute atomic E-state index is 13.6. The molecule has 0 saturated carbocycles. The normalized spacial score (nSPS) is 13.2. The van der Waals surface area contributed by atoms with Gasteiger partial charge >= 0.3 is 0 Å². The van der Waals surface area contributed by atoms with Crippen LogP contribution in [0.4, 0.5) is 11.8 Å². The minimum Gasteiger partial charge on any atom is -0.460 e. The zero-order chi connectivity index (χ0) is 24.4. The average molecular weight is 470 g/mol. The zero-order valence-corrected chi connectivity index (χ0v) is 19.3. The lowest BCUT2D eigenvalue weighted by Crippen LogP contribution is -2.55. The Kier molecular flexibility index (Phi) is 5.84. The van der Waals surface area contributed by atoms with Crippen LogP contribution in [0.3, 0.4) is 0 Å². The van der Waals surface area contributed by atoms with E-state index in [0.717, 1.165) is 33.2 Å². The summed E-state index contributed by atoms with van der Waals surface area (Å²) in [7, 11) is 0. The number of nitrogens with two attached hydrogens (primary N) is 2. The number of benzene rings is 2. The van der Waals surface area contributed by atoms with Crippen LogP contribution in [0.5, 0.6) is 0 Å². The van der Waals surface area contributed by atoms with Crippen LogP contribution in [0.25, 0.3) is 21.9 Å². The Morgan fingerprint density at radius 2 is 1.89 bits per heavy atom. The van der Waals surface area contributed by atoms with Gasteiger partial charge in [-0.25, -0.2) is 4.98 Å². The fourth-order valence-electron chi connectivity index (χ4n) is 4.23. The van der Waals surface area contributed by atoms with E-state index in [4.69, 9.17) is 15.9 Å². The first-order chi connectivity index (χ1) is 16.9. The molecule has 0 aliphatic heterocycles. The highest BCUT2D eigenvalue weighted by atomic mass is 16.3. The van der Waals surface area contributed by atoms with E-state index in [1.165, 1.54) is 6.20 Å². The van der Waals surface area contributed by atoms with Crippen LogP contribution in [0, 0.1) is 0 Å². The van der Waals surface area contributed by atoms with Crippen LogP contribution >= 0.6 is 0 Å². The lowest BCUT2D eigenvalue weighted by atomic mass is 9.91. The molecule has 5 rings (SSSR count). The number of hydrogen-bond donors (Lipinski definition) is 5. The van der Waals surface area contributed by atoms with Gasteiger partial charge in [-0.05, 0) is 30.7 Å². The Morgan fingerprint density at radius 3 is 2.71 bits per heavy atom. The van der Waals surface area contributed by atoms with E-state index in [2.05, 4.69) is 25.6 Å². The predicted molar refractivity (Wildman–Crippen MR) is 136 cm³/mol. The van der Waals surface area contributed by atoms with Gasteiger partial charge in [0.25, 0.3) is 0 Å². The first-order valence-electron chi connectivity index (χ1n) is 11.3. The van der Waals surface area contributed by atoms with Gasteiger partial charge in [-0.1, -0.05) is 36.4 Å². The Morgan fingerprint density at radius 1 is 1.09 bits per heavy atom. The topological polar surface area (TPSA) is 148 Å². The number of para-hydroxylation sites is 2. The molecule has 0 aliphatic carbocycles. The Bertz CT molecular complexity index is 1470. The maximum atomic E-state index is 13.6. The average Bonchev–Trinajstić information content (AvgIpc) is 3.46. The number of nitrogens with zero attached hydrogens (tertiary/aromatic N) is 2. The number of carbonyl (C=O) groups is 1. The van der Waals surface area contributed by atoms with Crippen molar-refractivity contribution in [1.82, 2.24) is 25.6 Å². The van der Waals surface area contributed by atoms with E-state index in [1.54, 1.807) is 0 Å². The van der Waals surface area contributed by atoms with Crippen LogP contribution in [0.2, 0.25) is 0 Å². The lowest BCUT2D eigenvalue weighted by Gasteiger charge is -2.29. The summed E-state index contributed by atoms with van der Waals surface area (Å²) in [6.45, 7) is 2.45. The third-order valence-corrected chi connectivity index (χ3v) is 6.21. The van der Waals surface area contributed by atoms with Crippen LogP contribution in [0.15, 0.2) is 71.4 Å². The molecule has 3 heterocycles. The van der Waals surface area contributed by atoms with Crippen molar-refractivity contribution in [3.63, 3.8) is 0 Å². The van der Waals surface area contributed by atoms with Gasteiger partial charge in [0.1, 0.15) is 17.2 Å². The number of fused-ring (bicyclic) bond motifs is 2. The third-order valence-electron chi connectivity index (χ3n) is 6.21. The van der Waals surface area contributed by atoms with Gasteiger partial charge in [-0.3, -0.25) is 10.1 Å². The van der Waals surface area contributed by atoms with Crippen LogP contribution in [-0.4, -0.2) is 26.4 Å². The molecule has 0 radical (unpaired) electrons. The summed E-state index contributed by atoms with van der Waals surface area (Å²) < 4.78 is 5.96. The molecule has 9 nitrogen and oxygen atoms in total. The quantitative estimate of drug-likeness (QED) is 0.234. The Hall–Kier alpha value is -4.37. The smallest absolute Gasteiger partial charge is 0.240 e. The number of H-pyrrole nitrogens is 1. The summed E-state index contributed by atoms with van der Waals surface area (Å²) >= 11 is 0. The number of nitrogens with one attached hydrogen (secondary N) is 3. The maximum Gasteiger partial charge on any atom is 0.240 e. The number of anilines is 2. The molecule has 0 fully saturated rings. The van der Waals surface area contributed by atoms with Crippen molar-refractivity contribution in [2.75, 3.05) is 11.5 Å². The summed E-state index contributed by atoms with van der Waals surface area (Å²) in [5, 5.41) is 8.51. The minimum absolute atomic E-state index is 0.0919.